The molecule has 0 saturated heterocycles. The van der Waals surface area contributed by atoms with Crippen molar-refractivity contribution in [3.05, 3.63) is 46.9 Å². The number of ether oxygens (including phenoxy) is 1. The number of aromatic nitrogens is 2. The van der Waals surface area contributed by atoms with Crippen molar-refractivity contribution >= 4 is 11.6 Å². The van der Waals surface area contributed by atoms with E-state index in [1.165, 1.54) is 6.33 Å². The summed E-state index contributed by atoms with van der Waals surface area (Å²) in [6, 6.07) is 7.55. The van der Waals surface area contributed by atoms with Gasteiger partial charge in [0, 0.05) is 6.61 Å². The summed E-state index contributed by atoms with van der Waals surface area (Å²) in [6.45, 7) is 2.04. The van der Waals surface area contributed by atoms with Crippen molar-refractivity contribution in [3.63, 3.8) is 0 Å². The van der Waals surface area contributed by atoms with Crippen molar-refractivity contribution in [3.8, 4) is 11.6 Å². The zero-order valence-corrected chi connectivity index (χ0v) is 11.4. The van der Waals surface area contributed by atoms with Gasteiger partial charge >= 0.3 is 0 Å². The summed E-state index contributed by atoms with van der Waals surface area (Å²) in [7, 11) is 0. The Morgan fingerprint density at radius 2 is 2.05 bits per heavy atom. The molecular formula is C14H15ClN2O2. The molecule has 0 unspecified atom stereocenters. The molecule has 2 aromatic rings. The maximum Gasteiger partial charge on any atom is 0.227 e. The first-order chi connectivity index (χ1) is 9.26. The fourth-order valence-corrected chi connectivity index (χ4v) is 2.05. The minimum Gasteiger partial charge on any atom is -0.438 e. The maximum absolute atomic E-state index is 9.05. The Labute approximate surface area is 117 Å². The molecule has 5 heteroatoms. The highest BCUT2D eigenvalue weighted by Crippen LogP contribution is 2.29. The molecule has 1 N–H and O–H groups in total. The first-order valence-electron chi connectivity index (χ1n) is 6.12. The van der Waals surface area contributed by atoms with Crippen LogP contribution in [-0.4, -0.2) is 21.7 Å². The van der Waals surface area contributed by atoms with E-state index in [4.69, 9.17) is 21.4 Å². The summed E-state index contributed by atoms with van der Waals surface area (Å²) >= 11 is 6.03. The van der Waals surface area contributed by atoms with Crippen LogP contribution in [0.15, 0.2) is 30.6 Å². The maximum atomic E-state index is 9.05. The Hall–Kier alpha value is -1.65. The Bertz CT molecular complexity index is 561. The first kappa shape index (κ1) is 13.8. The molecule has 0 radical (unpaired) electrons. The highest BCUT2D eigenvalue weighted by atomic mass is 35.5. The van der Waals surface area contributed by atoms with Crippen LogP contribution in [0.4, 0.5) is 0 Å². The van der Waals surface area contributed by atoms with E-state index in [0.717, 1.165) is 11.1 Å². The Morgan fingerprint density at radius 1 is 1.26 bits per heavy atom. The van der Waals surface area contributed by atoms with Crippen LogP contribution in [0.1, 0.15) is 18.1 Å². The SMILES string of the molecule is CCc1c(Cl)ncnc1Oc1ccccc1CCO. The van der Waals surface area contributed by atoms with E-state index in [0.29, 0.717) is 29.6 Å². The molecule has 100 valence electrons. The van der Waals surface area contributed by atoms with E-state index in [1.807, 2.05) is 31.2 Å². The molecule has 0 atom stereocenters. The smallest absolute Gasteiger partial charge is 0.227 e. The van der Waals surface area contributed by atoms with E-state index < -0.39 is 0 Å². The Morgan fingerprint density at radius 3 is 2.79 bits per heavy atom. The van der Waals surface area contributed by atoms with Crippen molar-refractivity contribution in [1.82, 2.24) is 9.97 Å². The Kier molecular flexibility index (Phi) is 4.71. The van der Waals surface area contributed by atoms with Gasteiger partial charge in [-0.15, -0.1) is 0 Å². The first-order valence-corrected chi connectivity index (χ1v) is 6.50. The number of nitrogens with zero attached hydrogens (tertiary/aromatic N) is 2. The number of rotatable bonds is 5. The van der Waals surface area contributed by atoms with Crippen LogP contribution < -0.4 is 4.74 Å². The highest BCUT2D eigenvalue weighted by Gasteiger charge is 2.12. The predicted molar refractivity (Wildman–Crippen MR) is 73.7 cm³/mol. The van der Waals surface area contributed by atoms with Gasteiger partial charge in [-0.1, -0.05) is 36.7 Å². The molecule has 0 saturated carbocycles. The van der Waals surface area contributed by atoms with Crippen molar-refractivity contribution in [2.45, 2.75) is 19.8 Å². The molecule has 1 aromatic carbocycles. The minimum atomic E-state index is 0.0749. The van der Waals surface area contributed by atoms with Crippen LogP contribution in [0, 0.1) is 0 Å². The third-order valence-corrected chi connectivity index (χ3v) is 3.09. The third-order valence-electron chi connectivity index (χ3n) is 2.77. The fourth-order valence-electron chi connectivity index (χ4n) is 1.80. The van der Waals surface area contributed by atoms with Crippen LogP contribution in [0.5, 0.6) is 11.6 Å². The number of halogens is 1. The van der Waals surface area contributed by atoms with Gasteiger partial charge in [0.25, 0.3) is 0 Å². The molecule has 0 amide bonds. The van der Waals surface area contributed by atoms with E-state index in [-0.39, 0.29) is 6.61 Å². The largest absolute Gasteiger partial charge is 0.438 e. The van der Waals surface area contributed by atoms with Gasteiger partial charge in [-0.25, -0.2) is 9.97 Å². The second kappa shape index (κ2) is 6.50. The number of aliphatic hydroxyl groups excluding tert-OH is 1. The number of aliphatic hydroxyl groups is 1. The van der Waals surface area contributed by atoms with Gasteiger partial charge in [-0.2, -0.15) is 0 Å². The highest BCUT2D eigenvalue weighted by molar-refractivity contribution is 6.30. The quantitative estimate of drug-likeness (QED) is 0.854. The molecule has 19 heavy (non-hydrogen) atoms. The Balaban J connectivity index is 2.33. The summed E-state index contributed by atoms with van der Waals surface area (Å²) in [5.74, 6) is 1.15. The molecule has 1 aromatic heterocycles. The topological polar surface area (TPSA) is 55.2 Å². The monoisotopic (exact) mass is 278 g/mol. The molecule has 0 spiro atoms. The van der Waals surface area contributed by atoms with Crippen molar-refractivity contribution < 1.29 is 9.84 Å². The van der Waals surface area contributed by atoms with E-state index in [2.05, 4.69) is 9.97 Å². The molecule has 2 rings (SSSR count). The zero-order valence-electron chi connectivity index (χ0n) is 10.6. The van der Waals surface area contributed by atoms with Crippen LogP contribution in [0.2, 0.25) is 5.15 Å². The van der Waals surface area contributed by atoms with Crippen LogP contribution >= 0.6 is 11.6 Å². The molecule has 0 aliphatic carbocycles. The number of para-hydroxylation sites is 1. The van der Waals surface area contributed by atoms with Gasteiger partial charge in [-0.05, 0) is 24.5 Å². The van der Waals surface area contributed by atoms with Gasteiger partial charge in [-0.3, -0.25) is 0 Å². The molecule has 0 bridgehead atoms. The average molecular weight is 279 g/mol. The second-order valence-corrected chi connectivity index (χ2v) is 4.34. The normalized spacial score (nSPS) is 10.5. The molecule has 0 aliphatic rings. The van der Waals surface area contributed by atoms with Crippen LogP contribution in [-0.2, 0) is 12.8 Å². The van der Waals surface area contributed by atoms with Gasteiger partial charge in [0.1, 0.15) is 17.2 Å². The lowest BCUT2D eigenvalue weighted by atomic mass is 10.1. The number of hydrogen-bond donors (Lipinski definition) is 1. The second-order valence-electron chi connectivity index (χ2n) is 3.99. The molecule has 1 heterocycles. The summed E-state index contributed by atoms with van der Waals surface area (Å²) in [6.07, 6.45) is 2.61. The van der Waals surface area contributed by atoms with E-state index >= 15 is 0 Å². The lowest BCUT2D eigenvalue weighted by Gasteiger charge is -2.12. The van der Waals surface area contributed by atoms with Gasteiger partial charge in [0.2, 0.25) is 5.88 Å². The summed E-state index contributed by atoms with van der Waals surface area (Å²) in [5.41, 5.74) is 1.71. The molecule has 4 nitrogen and oxygen atoms in total. The van der Waals surface area contributed by atoms with E-state index in [1.54, 1.807) is 0 Å². The molecular weight excluding hydrogens is 264 g/mol. The van der Waals surface area contributed by atoms with Crippen molar-refractivity contribution in [2.75, 3.05) is 6.61 Å². The van der Waals surface area contributed by atoms with Gasteiger partial charge in [0.05, 0.1) is 5.56 Å². The van der Waals surface area contributed by atoms with Crippen LogP contribution in [0.3, 0.4) is 0 Å². The predicted octanol–water partition coefficient (Wildman–Crippen LogP) is 3.02. The van der Waals surface area contributed by atoms with Crippen molar-refractivity contribution in [1.29, 1.82) is 0 Å². The number of hydrogen-bond acceptors (Lipinski definition) is 4. The standard InChI is InChI=1S/C14H15ClN2O2/c1-2-11-13(15)16-9-17-14(11)19-12-6-4-3-5-10(12)7-8-18/h3-6,9,18H,2,7-8H2,1H3. The lowest BCUT2D eigenvalue weighted by molar-refractivity contribution is 0.297. The summed E-state index contributed by atoms with van der Waals surface area (Å²) in [5, 5.41) is 9.46. The summed E-state index contributed by atoms with van der Waals surface area (Å²) < 4.78 is 5.82. The third kappa shape index (κ3) is 3.22. The molecule has 0 aliphatic heterocycles. The minimum absolute atomic E-state index is 0.0749. The fraction of sp³-hybridized carbons (Fsp3) is 0.286. The zero-order chi connectivity index (χ0) is 13.7. The lowest BCUT2D eigenvalue weighted by Crippen LogP contribution is -2.00. The summed E-state index contributed by atoms with van der Waals surface area (Å²) in [4.78, 5) is 8.07. The van der Waals surface area contributed by atoms with Crippen molar-refractivity contribution in [2.24, 2.45) is 0 Å². The van der Waals surface area contributed by atoms with Gasteiger partial charge in [0.15, 0.2) is 0 Å². The van der Waals surface area contributed by atoms with Crippen LogP contribution in [0.25, 0.3) is 0 Å². The van der Waals surface area contributed by atoms with Gasteiger partial charge < -0.3 is 9.84 Å². The van der Waals surface area contributed by atoms with E-state index in [9.17, 15) is 0 Å². The number of benzene rings is 1. The molecule has 0 fully saturated rings. The average Bonchev–Trinajstić information content (AvgIpc) is 2.41.